The topological polar surface area (TPSA) is 53.7 Å². The Labute approximate surface area is 129 Å². The first-order valence-electron chi connectivity index (χ1n) is 6.55. The Bertz CT molecular complexity index is 550. The van der Waals surface area contributed by atoms with Gasteiger partial charge in [0.15, 0.2) is 0 Å². The highest BCUT2D eigenvalue weighted by atomic mass is 32.2. The van der Waals surface area contributed by atoms with Gasteiger partial charge in [-0.3, -0.25) is 0 Å². The van der Waals surface area contributed by atoms with Crippen LogP contribution in [0.4, 0.5) is 5.69 Å². The predicted octanol–water partition coefficient (Wildman–Crippen LogP) is 3.46. The molecule has 0 atom stereocenters. The van der Waals surface area contributed by atoms with E-state index in [0.717, 1.165) is 28.7 Å². The van der Waals surface area contributed by atoms with Gasteiger partial charge in [-0.1, -0.05) is 0 Å². The molecule has 21 heavy (non-hydrogen) atoms. The zero-order valence-electron chi connectivity index (χ0n) is 12.2. The molecule has 5 heteroatoms. The zero-order chi connectivity index (χ0) is 15.1. The number of nitrogen functional groups attached to an aromatic ring is 1. The summed E-state index contributed by atoms with van der Waals surface area (Å²) in [6.45, 7) is 0.603. The van der Waals surface area contributed by atoms with Crippen molar-refractivity contribution in [3.8, 4) is 17.2 Å². The summed E-state index contributed by atoms with van der Waals surface area (Å²) >= 11 is 1.73. The molecule has 0 heterocycles. The highest BCUT2D eigenvalue weighted by Gasteiger charge is 2.03. The molecule has 112 valence electrons. The van der Waals surface area contributed by atoms with Crippen LogP contribution in [0.2, 0.25) is 0 Å². The molecule has 0 unspecified atom stereocenters. The number of rotatable bonds is 7. The van der Waals surface area contributed by atoms with Crippen LogP contribution >= 0.6 is 11.8 Å². The van der Waals surface area contributed by atoms with Gasteiger partial charge in [-0.05, 0) is 24.3 Å². The second-order valence-corrected chi connectivity index (χ2v) is 5.48. The smallest absolute Gasteiger partial charge is 0.126 e. The van der Waals surface area contributed by atoms with E-state index in [1.165, 1.54) is 4.90 Å². The van der Waals surface area contributed by atoms with Gasteiger partial charge in [-0.2, -0.15) is 0 Å². The number of nitrogens with two attached hydrogens (primary N) is 1. The highest BCUT2D eigenvalue weighted by Crippen LogP contribution is 2.27. The van der Waals surface area contributed by atoms with Gasteiger partial charge >= 0.3 is 0 Å². The molecule has 2 N–H and O–H groups in total. The zero-order valence-corrected chi connectivity index (χ0v) is 13.0. The summed E-state index contributed by atoms with van der Waals surface area (Å²) in [6.07, 6.45) is 0. The number of thioether (sulfide) groups is 1. The second-order valence-electron chi connectivity index (χ2n) is 4.31. The Morgan fingerprint density at radius 1 is 0.905 bits per heavy atom. The van der Waals surface area contributed by atoms with Crippen LogP contribution in [0.3, 0.4) is 0 Å². The van der Waals surface area contributed by atoms with E-state index < -0.39 is 0 Å². The van der Waals surface area contributed by atoms with Crippen LogP contribution < -0.4 is 19.9 Å². The molecule has 0 aromatic heterocycles. The Kier molecular flexibility index (Phi) is 5.63. The molecule has 0 radical (unpaired) electrons. The van der Waals surface area contributed by atoms with E-state index >= 15 is 0 Å². The van der Waals surface area contributed by atoms with Crippen molar-refractivity contribution in [2.75, 3.05) is 32.3 Å². The van der Waals surface area contributed by atoms with E-state index in [2.05, 4.69) is 0 Å². The van der Waals surface area contributed by atoms with E-state index in [4.69, 9.17) is 19.9 Å². The summed E-state index contributed by atoms with van der Waals surface area (Å²) in [7, 11) is 3.24. The molecule has 0 amide bonds. The average Bonchev–Trinajstić information content (AvgIpc) is 2.53. The van der Waals surface area contributed by atoms with Gasteiger partial charge in [0.1, 0.15) is 17.2 Å². The van der Waals surface area contributed by atoms with Crippen molar-refractivity contribution in [3.63, 3.8) is 0 Å². The minimum atomic E-state index is 0.603. The number of hydrogen-bond donors (Lipinski definition) is 1. The van der Waals surface area contributed by atoms with Crippen LogP contribution in [0.15, 0.2) is 47.4 Å². The number of benzene rings is 2. The predicted molar refractivity (Wildman–Crippen MR) is 86.6 cm³/mol. The van der Waals surface area contributed by atoms with Gasteiger partial charge < -0.3 is 19.9 Å². The molecule has 2 aromatic rings. The summed E-state index contributed by atoms with van der Waals surface area (Å²) in [5.74, 6) is 3.03. The maximum atomic E-state index is 5.73. The van der Waals surface area contributed by atoms with Crippen LogP contribution in [0.25, 0.3) is 0 Å². The van der Waals surface area contributed by atoms with Crippen LogP contribution in [0.5, 0.6) is 17.2 Å². The van der Waals surface area contributed by atoms with Crippen LogP contribution in [0.1, 0.15) is 0 Å². The van der Waals surface area contributed by atoms with Gasteiger partial charge in [0.05, 0.1) is 20.8 Å². The third kappa shape index (κ3) is 4.79. The molecule has 0 aliphatic rings. The van der Waals surface area contributed by atoms with Gasteiger partial charge in [0.25, 0.3) is 0 Å². The standard InChI is InChI=1S/C16H19NO3S/c1-18-13-9-14(19-2)11-15(10-13)20-7-8-21-16-5-3-12(17)4-6-16/h3-6,9-11H,7-8,17H2,1-2H3. The maximum Gasteiger partial charge on any atom is 0.126 e. The number of anilines is 1. The summed E-state index contributed by atoms with van der Waals surface area (Å²) in [6, 6.07) is 13.3. The minimum Gasteiger partial charge on any atom is -0.496 e. The third-order valence-corrected chi connectivity index (χ3v) is 3.80. The largest absolute Gasteiger partial charge is 0.496 e. The van der Waals surface area contributed by atoms with Crippen LogP contribution in [-0.2, 0) is 0 Å². The molecule has 0 saturated carbocycles. The fraction of sp³-hybridized carbons (Fsp3) is 0.250. The average molecular weight is 305 g/mol. The first-order valence-corrected chi connectivity index (χ1v) is 7.54. The van der Waals surface area contributed by atoms with Gasteiger partial charge in [-0.25, -0.2) is 0 Å². The molecule has 0 aliphatic carbocycles. The fourth-order valence-electron chi connectivity index (χ4n) is 1.75. The first kappa shape index (κ1) is 15.4. The normalized spacial score (nSPS) is 10.2. The molecule has 2 aromatic carbocycles. The van der Waals surface area contributed by atoms with Gasteiger partial charge in [0.2, 0.25) is 0 Å². The molecule has 0 fully saturated rings. The molecule has 0 bridgehead atoms. The second kappa shape index (κ2) is 7.69. The van der Waals surface area contributed by atoms with Crippen LogP contribution in [-0.4, -0.2) is 26.6 Å². The number of hydrogen-bond acceptors (Lipinski definition) is 5. The SMILES string of the molecule is COc1cc(OC)cc(OCCSc2ccc(N)cc2)c1. The van der Waals surface area contributed by atoms with E-state index in [1.54, 1.807) is 26.0 Å². The molecule has 0 saturated heterocycles. The Balaban J connectivity index is 1.84. The van der Waals surface area contributed by atoms with Gasteiger partial charge in [0, 0.05) is 34.5 Å². The minimum absolute atomic E-state index is 0.603. The number of ether oxygens (including phenoxy) is 3. The maximum absolute atomic E-state index is 5.73. The van der Waals surface area contributed by atoms with Gasteiger partial charge in [-0.15, -0.1) is 11.8 Å². The van der Waals surface area contributed by atoms with E-state index in [1.807, 2.05) is 42.5 Å². The Morgan fingerprint density at radius 3 is 2.05 bits per heavy atom. The monoisotopic (exact) mass is 305 g/mol. The lowest BCUT2D eigenvalue weighted by atomic mass is 10.3. The number of methoxy groups -OCH3 is 2. The van der Waals surface area contributed by atoms with Crippen molar-refractivity contribution < 1.29 is 14.2 Å². The van der Waals surface area contributed by atoms with Crippen molar-refractivity contribution in [3.05, 3.63) is 42.5 Å². The van der Waals surface area contributed by atoms with Crippen LogP contribution in [0, 0.1) is 0 Å². The van der Waals surface area contributed by atoms with E-state index in [-0.39, 0.29) is 0 Å². The highest BCUT2D eigenvalue weighted by molar-refractivity contribution is 7.99. The summed E-state index contributed by atoms with van der Waals surface area (Å²) < 4.78 is 16.1. The lowest BCUT2D eigenvalue weighted by molar-refractivity contribution is 0.334. The quantitative estimate of drug-likeness (QED) is 0.482. The summed E-state index contributed by atoms with van der Waals surface area (Å²) in [5, 5.41) is 0. The first-order chi connectivity index (χ1) is 10.2. The summed E-state index contributed by atoms with van der Waals surface area (Å²) in [4.78, 5) is 1.18. The van der Waals surface area contributed by atoms with Crippen molar-refractivity contribution in [1.82, 2.24) is 0 Å². The van der Waals surface area contributed by atoms with Crippen molar-refractivity contribution in [1.29, 1.82) is 0 Å². The lowest BCUT2D eigenvalue weighted by Gasteiger charge is -2.10. The molecule has 2 rings (SSSR count). The molecule has 0 aliphatic heterocycles. The van der Waals surface area contributed by atoms with Crippen molar-refractivity contribution in [2.24, 2.45) is 0 Å². The third-order valence-electron chi connectivity index (χ3n) is 2.83. The molecular formula is C16H19NO3S. The Hall–Kier alpha value is -2.01. The van der Waals surface area contributed by atoms with Crippen molar-refractivity contribution >= 4 is 17.4 Å². The van der Waals surface area contributed by atoms with E-state index in [0.29, 0.717) is 6.61 Å². The lowest BCUT2D eigenvalue weighted by Crippen LogP contribution is -2.00. The van der Waals surface area contributed by atoms with Crippen molar-refractivity contribution in [2.45, 2.75) is 4.90 Å². The molecular weight excluding hydrogens is 286 g/mol. The Morgan fingerprint density at radius 2 is 1.48 bits per heavy atom. The fourth-order valence-corrected chi connectivity index (χ4v) is 2.48. The molecule has 4 nitrogen and oxygen atoms in total. The molecule has 0 spiro atoms. The summed E-state index contributed by atoms with van der Waals surface area (Å²) in [5.41, 5.74) is 6.43. The van der Waals surface area contributed by atoms with E-state index in [9.17, 15) is 0 Å².